The number of anilines is 1. The number of rotatable bonds is 7. The fraction of sp³-hybridized carbons (Fsp3) is 0.353. The maximum Gasteiger partial charge on any atom is 0.251 e. The third-order valence-electron chi connectivity index (χ3n) is 3.42. The Morgan fingerprint density at radius 1 is 1.28 bits per heavy atom. The smallest absolute Gasteiger partial charge is 0.251 e. The summed E-state index contributed by atoms with van der Waals surface area (Å²) in [5.41, 5.74) is 0.985. The van der Waals surface area contributed by atoms with Crippen molar-refractivity contribution in [1.82, 2.24) is 9.97 Å². The average molecular weight is 363 g/mol. The first-order valence-corrected chi connectivity index (χ1v) is 8.62. The third-order valence-corrected chi connectivity index (χ3v) is 4.66. The summed E-state index contributed by atoms with van der Waals surface area (Å²) >= 11 is 1.23. The molecule has 0 aliphatic rings. The molecule has 0 aliphatic heterocycles. The van der Waals surface area contributed by atoms with Gasteiger partial charge >= 0.3 is 0 Å². The number of benzene rings is 1. The van der Waals surface area contributed by atoms with Gasteiger partial charge in [-0.1, -0.05) is 18.7 Å². The number of thioether (sulfide) groups is 1. The number of aromatic nitrogens is 2. The highest BCUT2D eigenvalue weighted by Crippen LogP contribution is 2.30. The lowest BCUT2D eigenvalue weighted by Gasteiger charge is -2.15. The monoisotopic (exact) mass is 363 g/mol. The van der Waals surface area contributed by atoms with Gasteiger partial charge in [0.1, 0.15) is 0 Å². The van der Waals surface area contributed by atoms with E-state index in [-0.39, 0.29) is 11.5 Å². The van der Waals surface area contributed by atoms with Gasteiger partial charge in [-0.05, 0) is 25.5 Å². The van der Waals surface area contributed by atoms with Crippen LogP contribution in [0.5, 0.6) is 11.5 Å². The van der Waals surface area contributed by atoms with E-state index in [2.05, 4.69) is 15.3 Å². The minimum absolute atomic E-state index is 0.177. The van der Waals surface area contributed by atoms with Crippen molar-refractivity contribution in [2.75, 3.05) is 19.5 Å². The first-order valence-electron chi connectivity index (χ1n) is 7.74. The van der Waals surface area contributed by atoms with Gasteiger partial charge in [0.2, 0.25) is 5.91 Å². The van der Waals surface area contributed by atoms with Gasteiger partial charge in [0.05, 0.1) is 19.5 Å². The second-order valence-electron chi connectivity index (χ2n) is 5.27. The van der Waals surface area contributed by atoms with Gasteiger partial charge < -0.3 is 19.8 Å². The number of nitrogens with zero attached hydrogens (tertiary/aromatic N) is 1. The number of hydrogen-bond acceptors (Lipinski definition) is 6. The molecule has 1 unspecified atom stereocenters. The molecule has 25 heavy (non-hydrogen) atoms. The summed E-state index contributed by atoms with van der Waals surface area (Å²) in [5.74, 6) is 0.943. The van der Waals surface area contributed by atoms with Crippen LogP contribution in [0.25, 0.3) is 0 Å². The van der Waals surface area contributed by atoms with Crippen molar-refractivity contribution in [2.24, 2.45) is 0 Å². The molecule has 2 aromatic rings. The van der Waals surface area contributed by atoms with E-state index >= 15 is 0 Å². The SMILES string of the molecule is CCC(Sc1nc(C)cc(=O)[nH]1)C(=O)Nc1ccc(OC)c(OC)c1. The molecule has 2 N–H and O–H groups in total. The summed E-state index contributed by atoms with van der Waals surface area (Å²) in [5, 5.41) is 2.89. The van der Waals surface area contributed by atoms with Gasteiger partial charge in [0.25, 0.3) is 5.56 Å². The fourth-order valence-electron chi connectivity index (χ4n) is 2.20. The van der Waals surface area contributed by atoms with Crippen LogP contribution in [0.4, 0.5) is 5.69 Å². The number of carbonyl (C=O) groups excluding carboxylic acids is 1. The van der Waals surface area contributed by atoms with Gasteiger partial charge in [-0.2, -0.15) is 0 Å². The molecule has 0 saturated carbocycles. The van der Waals surface area contributed by atoms with Gasteiger partial charge in [0.15, 0.2) is 16.7 Å². The van der Waals surface area contributed by atoms with E-state index < -0.39 is 5.25 Å². The summed E-state index contributed by atoms with van der Waals surface area (Å²) in [7, 11) is 3.09. The van der Waals surface area contributed by atoms with E-state index in [0.29, 0.717) is 34.5 Å². The van der Waals surface area contributed by atoms with Gasteiger partial charge in [0, 0.05) is 23.5 Å². The molecule has 2 rings (SSSR count). The van der Waals surface area contributed by atoms with Crippen molar-refractivity contribution in [1.29, 1.82) is 0 Å². The van der Waals surface area contributed by atoms with Crippen molar-refractivity contribution >= 4 is 23.4 Å². The Labute approximate surface area is 150 Å². The molecule has 0 bridgehead atoms. The third kappa shape index (κ3) is 4.99. The highest BCUT2D eigenvalue weighted by Gasteiger charge is 2.20. The Morgan fingerprint density at radius 2 is 2.00 bits per heavy atom. The largest absolute Gasteiger partial charge is 0.493 e. The van der Waals surface area contributed by atoms with Crippen LogP contribution in [0.15, 0.2) is 34.2 Å². The van der Waals surface area contributed by atoms with Crippen LogP contribution in [0, 0.1) is 6.92 Å². The first-order chi connectivity index (χ1) is 12.0. The number of hydrogen-bond donors (Lipinski definition) is 2. The van der Waals surface area contributed by atoms with Crippen LogP contribution in [0.2, 0.25) is 0 Å². The molecule has 1 atom stereocenters. The van der Waals surface area contributed by atoms with E-state index in [1.54, 1.807) is 32.2 Å². The Balaban J connectivity index is 2.13. The Bertz CT molecular complexity index is 807. The number of H-pyrrole nitrogens is 1. The summed E-state index contributed by atoms with van der Waals surface area (Å²) in [4.78, 5) is 31.0. The quantitative estimate of drug-likeness (QED) is 0.580. The zero-order valence-electron chi connectivity index (χ0n) is 14.6. The standard InChI is InChI=1S/C17H21N3O4S/c1-5-14(25-17-18-10(2)8-15(21)20-17)16(22)19-11-6-7-12(23-3)13(9-11)24-4/h6-9,14H,5H2,1-4H3,(H,19,22)(H,18,20,21). The molecule has 0 aliphatic carbocycles. The molecule has 0 radical (unpaired) electrons. The van der Waals surface area contributed by atoms with Crippen molar-refractivity contribution in [3.8, 4) is 11.5 Å². The minimum atomic E-state index is -0.391. The van der Waals surface area contributed by atoms with Gasteiger partial charge in [-0.25, -0.2) is 4.98 Å². The topological polar surface area (TPSA) is 93.3 Å². The normalized spacial score (nSPS) is 11.7. The Kier molecular flexibility index (Phi) is 6.46. The zero-order valence-corrected chi connectivity index (χ0v) is 15.4. The van der Waals surface area contributed by atoms with E-state index in [0.717, 1.165) is 0 Å². The highest BCUT2D eigenvalue weighted by molar-refractivity contribution is 8.00. The molecule has 1 aromatic heterocycles. The maximum atomic E-state index is 12.5. The maximum absolute atomic E-state index is 12.5. The fourth-order valence-corrected chi connectivity index (χ4v) is 3.16. The number of aryl methyl sites for hydroxylation is 1. The van der Waals surface area contributed by atoms with E-state index in [1.807, 2.05) is 6.92 Å². The molecular weight excluding hydrogens is 342 g/mol. The van der Waals surface area contributed by atoms with Crippen molar-refractivity contribution in [3.05, 3.63) is 40.3 Å². The number of methoxy groups -OCH3 is 2. The number of ether oxygens (including phenoxy) is 2. The van der Waals surface area contributed by atoms with Crippen molar-refractivity contribution in [3.63, 3.8) is 0 Å². The van der Waals surface area contributed by atoms with Crippen LogP contribution in [0.3, 0.4) is 0 Å². The van der Waals surface area contributed by atoms with Crippen molar-refractivity contribution in [2.45, 2.75) is 30.7 Å². The number of carbonyl (C=O) groups is 1. The molecule has 7 nitrogen and oxygen atoms in total. The van der Waals surface area contributed by atoms with Crippen LogP contribution in [-0.2, 0) is 4.79 Å². The van der Waals surface area contributed by atoms with E-state index in [9.17, 15) is 9.59 Å². The lowest BCUT2D eigenvalue weighted by atomic mass is 10.2. The average Bonchev–Trinajstić information content (AvgIpc) is 2.58. The zero-order chi connectivity index (χ0) is 18.4. The van der Waals surface area contributed by atoms with Crippen LogP contribution < -0.4 is 20.3 Å². The van der Waals surface area contributed by atoms with E-state index in [1.165, 1.54) is 24.9 Å². The van der Waals surface area contributed by atoms with Crippen LogP contribution in [-0.4, -0.2) is 35.3 Å². The Hall–Kier alpha value is -2.48. The number of amides is 1. The molecule has 1 heterocycles. The molecule has 0 spiro atoms. The molecule has 0 fully saturated rings. The molecule has 1 aromatic carbocycles. The Morgan fingerprint density at radius 3 is 2.60 bits per heavy atom. The molecular formula is C17H21N3O4S. The summed E-state index contributed by atoms with van der Waals surface area (Å²) in [6.07, 6.45) is 0.585. The lowest BCUT2D eigenvalue weighted by Crippen LogP contribution is -2.25. The first kappa shape index (κ1) is 18.9. The van der Waals surface area contributed by atoms with Gasteiger partial charge in [-0.15, -0.1) is 0 Å². The molecule has 1 amide bonds. The molecule has 134 valence electrons. The van der Waals surface area contributed by atoms with Crippen LogP contribution >= 0.6 is 11.8 Å². The predicted molar refractivity (Wildman–Crippen MR) is 97.7 cm³/mol. The van der Waals surface area contributed by atoms with Gasteiger partial charge in [-0.3, -0.25) is 9.59 Å². The predicted octanol–water partition coefficient (Wildman–Crippen LogP) is 2.60. The summed E-state index contributed by atoms with van der Waals surface area (Å²) in [6, 6.07) is 6.57. The van der Waals surface area contributed by atoms with E-state index in [4.69, 9.17) is 9.47 Å². The van der Waals surface area contributed by atoms with Crippen molar-refractivity contribution < 1.29 is 14.3 Å². The highest BCUT2D eigenvalue weighted by atomic mass is 32.2. The lowest BCUT2D eigenvalue weighted by molar-refractivity contribution is -0.115. The minimum Gasteiger partial charge on any atom is -0.493 e. The summed E-state index contributed by atoms with van der Waals surface area (Å²) in [6.45, 7) is 3.64. The second kappa shape index (κ2) is 8.57. The molecule has 0 saturated heterocycles. The molecule has 8 heteroatoms. The van der Waals surface area contributed by atoms with Crippen LogP contribution in [0.1, 0.15) is 19.0 Å². The second-order valence-corrected chi connectivity index (χ2v) is 6.46. The number of aromatic amines is 1. The summed E-state index contributed by atoms with van der Waals surface area (Å²) < 4.78 is 10.4. The number of nitrogens with one attached hydrogen (secondary N) is 2.